The number of ketones is 1. The van der Waals surface area contributed by atoms with Crippen LogP contribution in [0.3, 0.4) is 0 Å². The number of hydrogen-bond donors (Lipinski definition) is 1. The number of carbonyl (C=O) groups excluding carboxylic acids is 3. The van der Waals surface area contributed by atoms with E-state index in [0.717, 1.165) is 4.31 Å². The van der Waals surface area contributed by atoms with Crippen molar-refractivity contribution in [3.05, 3.63) is 65.2 Å². The molecule has 0 bridgehead atoms. The summed E-state index contributed by atoms with van der Waals surface area (Å²) >= 11 is 0. The van der Waals surface area contributed by atoms with Crippen molar-refractivity contribution >= 4 is 39.1 Å². The third-order valence-electron chi connectivity index (χ3n) is 6.58. The van der Waals surface area contributed by atoms with Gasteiger partial charge in [0.25, 0.3) is 17.6 Å². The number of carbonyl (C=O) groups is 3. The standard InChI is InChI=1S/C25H27N3O7S/c1-26(2)36(33,34)17-12-10-16(11-13-17)21(29)20-22(30)23(31)28(14-7-15-35-4)25(20)18-8-5-6-9-19(18)27(3)24(25)32/h5-6,8-13,29H,7,14-15H2,1-4H3/t25-/m1/s1. The van der Waals surface area contributed by atoms with E-state index in [1.165, 1.54) is 55.3 Å². The van der Waals surface area contributed by atoms with Crippen molar-refractivity contribution < 1.29 is 32.6 Å². The lowest BCUT2D eigenvalue weighted by Crippen LogP contribution is -2.51. The van der Waals surface area contributed by atoms with Gasteiger partial charge in [-0.25, -0.2) is 12.7 Å². The second-order valence-electron chi connectivity index (χ2n) is 8.76. The number of benzene rings is 2. The fourth-order valence-electron chi connectivity index (χ4n) is 4.78. The van der Waals surface area contributed by atoms with E-state index in [0.29, 0.717) is 24.3 Å². The molecule has 1 atom stereocenters. The van der Waals surface area contributed by atoms with Crippen molar-refractivity contribution in [1.29, 1.82) is 0 Å². The van der Waals surface area contributed by atoms with Crippen LogP contribution in [0.5, 0.6) is 0 Å². The minimum atomic E-state index is -3.72. The lowest BCUT2D eigenvalue weighted by molar-refractivity contribution is -0.143. The summed E-state index contributed by atoms with van der Waals surface area (Å²) in [7, 11) is 2.12. The molecule has 36 heavy (non-hydrogen) atoms. The summed E-state index contributed by atoms with van der Waals surface area (Å²) in [6.45, 7) is 0.343. The van der Waals surface area contributed by atoms with Crippen molar-refractivity contribution in [1.82, 2.24) is 9.21 Å². The lowest BCUT2D eigenvalue weighted by atomic mass is 9.82. The molecular formula is C25H27N3O7S. The second-order valence-corrected chi connectivity index (χ2v) is 10.9. The maximum absolute atomic E-state index is 13.8. The molecule has 11 heteroatoms. The molecule has 1 N–H and O–H groups in total. The highest BCUT2D eigenvalue weighted by molar-refractivity contribution is 7.89. The Bertz CT molecular complexity index is 1380. The van der Waals surface area contributed by atoms with E-state index in [2.05, 4.69) is 0 Å². The molecule has 0 radical (unpaired) electrons. The molecule has 2 amide bonds. The van der Waals surface area contributed by atoms with E-state index in [9.17, 15) is 27.9 Å². The number of Topliss-reactive ketones (excluding diaryl/α,β-unsaturated/α-hetero) is 1. The van der Waals surface area contributed by atoms with Gasteiger partial charge in [-0.15, -0.1) is 0 Å². The molecule has 1 saturated heterocycles. The third kappa shape index (κ3) is 3.54. The molecule has 2 aromatic carbocycles. The molecule has 1 fully saturated rings. The Balaban J connectivity index is 1.95. The number of sulfonamides is 1. The Labute approximate surface area is 209 Å². The molecule has 2 aliphatic rings. The van der Waals surface area contributed by atoms with E-state index < -0.39 is 38.9 Å². The van der Waals surface area contributed by atoms with Gasteiger partial charge in [0.2, 0.25) is 10.0 Å². The topological polar surface area (TPSA) is 125 Å². The van der Waals surface area contributed by atoms with Gasteiger partial charge in [0, 0.05) is 58.2 Å². The predicted molar refractivity (Wildman–Crippen MR) is 132 cm³/mol. The van der Waals surface area contributed by atoms with Crippen LogP contribution in [-0.2, 0) is 34.7 Å². The van der Waals surface area contributed by atoms with Gasteiger partial charge in [-0.1, -0.05) is 18.2 Å². The van der Waals surface area contributed by atoms with Crippen LogP contribution < -0.4 is 4.90 Å². The van der Waals surface area contributed by atoms with Crippen molar-refractivity contribution in [2.24, 2.45) is 0 Å². The minimum absolute atomic E-state index is 0.0131. The van der Waals surface area contributed by atoms with Crippen LogP contribution in [-0.4, -0.2) is 81.7 Å². The highest BCUT2D eigenvalue weighted by atomic mass is 32.2. The van der Waals surface area contributed by atoms with Gasteiger partial charge >= 0.3 is 0 Å². The van der Waals surface area contributed by atoms with E-state index in [4.69, 9.17) is 4.74 Å². The Morgan fingerprint density at radius 3 is 2.31 bits per heavy atom. The van der Waals surface area contributed by atoms with E-state index in [1.54, 1.807) is 31.3 Å². The SMILES string of the molecule is COCCCN1C(=O)C(=O)C(=C(O)c2ccc(S(=O)(=O)N(C)C)cc2)[C@]12C(=O)N(C)c1ccccc12. The van der Waals surface area contributed by atoms with Gasteiger partial charge in [0.1, 0.15) is 5.76 Å². The zero-order chi connectivity index (χ0) is 26.4. The molecule has 4 rings (SSSR count). The Kier molecular flexibility index (Phi) is 6.50. The third-order valence-corrected chi connectivity index (χ3v) is 8.41. The van der Waals surface area contributed by atoms with Gasteiger partial charge in [-0.05, 0) is 36.8 Å². The summed E-state index contributed by atoms with van der Waals surface area (Å²) < 4.78 is 31.0. The zero-order valence-electron chi connectivity index (χ0n) is 20.4. The van der Waals surface area contributed by atoms with E-state index in [1.807, 2.05) is 0 Å². The molecular weight excluding hydrogens is 486 g/mol. The van der Waals surface area contributed by atoms with Gasteiger partial charge in [-0.2, -0.15) is 0 Å². The first-order valence-electron chi connectivity index (χ1n) is 11.2. The average molecular weight is 514 g/mol. The number of likely N-dealkylation sites (tertiary alicyclic amines) is 1. The Hall–Kier alpha value is -3.54. The molecule has 0 saturated carbocycles. The van der Waals surface area contributed by atoms with Crippen LogP contribution in [0, 0.1) is 0 Å². The molecule has 10 nitrogen and oxygen atoms in total. The van der Waals surface area contributed by atoms with Crippen LogP contribution >= 0.6 is 0 Å². The van der Waals surface area contributed by atoms with Gasteiger partial charge in [0.15, 0.2) is 5.54 Å². The van der Waals surface area contributed by atoms with Gasteiger partial charge in [0.05, 0.1) is 10.5 Å². The number of fused-ring (bicyclic) bond motifs is 2. The average Bonchev–Trinajstić information content (AvgIpc) is 3.22. The summed E-state index contributed by atoms with van der Waals surface area (Å²) in [5, 5.41) is 11.4. The van der Waals surface area contributed by atoms with Crippen molar-refractivity contribution in [2.45, 2.75) is 16.9 Å². The number of methoxy groups -OCH3 is 1. The van der Waals surface area contributed by atoms with E-state index >= 15 is 0 Å². The number of anilines is 1. The highest BCUT2D eigenvalue weighted by Gasteiger charge is 2.66. The number of aliphatic hydroxyl groups excluding tert-OH is 1. The number of ether oxygens (including phenoxy) is 1. The Morgan fingerprint density at radius 1 is 1.06 bits per heavy atom. The van der Waals surface area contributed by atoms with Crippen molar-refractivity contribution in [2.75, 3.05) is 46.3 Å². The number of para-hydroxylation sites is 1. The van der Waals surface area contributed by atoms with Gasteiger partial charge < -0.3 is 19.6 Å². The van der Waals surface area contributed by atoms with Gasteiger partial charge in [-0.3, -0.25) is 14.4 Å². The van der Waals surface area contributed by atoms with E-state index in [-0.39, 0.29) is 22.6 Å². The number of likely N-dealkylation sites (N-methyl/N-ethyl adjacent to an activating group) is 1. The molecule has 0 unspecified atom stereocenters. The number of aliphatic hydroxyl groups is 1. The largest absolute Gasteiger partial charge is 0.507 e. The smallest absolute Gasteiger partial charge is 0.296 e. The van der Waals surface area contributed by atoms with Crippen molar-refractivity contribution in [3.63, 3.8) is 0 Å². The minimum Gasteiger partial charge on any atom is -0.507 e. The summed E-state index contributed by atoms with van der Waals surface area (Å²) in [6.07, 6.45) is 0.363. The molecule has 2 aliphatic heterocycles. The van der Waals surface area contributed by atoms with Crippen LogP contribution in [0.2, 0.25) is 0 Å². The fourth-order valence-corrected chi connectivity index (χ4v) is 5.68. The molecule has 2 heterocycles. The molecule has 190 valence electrons. The summed E-state index contributed by atoms with van der Waals surface area (Å²) in [6, 6.07) is 12.1. The first-order valence-corrected chi connectivity index (χ1v) is 12.6. The predicted octanol–water partition coefficient (Wildman–Crippen LogP) is 1.53. The van der Waals surface area contributed by atoms with Crippen molar-refractivity contribution in [3.8, 4) is 0 Å². The first kappa shape index (κ1) is 25.5. The zero-order valence-corrected chi connectivity index (χ0v) is 21.2. The summed E-state index contributed by atoms with van der Waals surface area (Å²) in [4.78, 5) is 43.1. The molecule has 2 aromatic rings. The first-order chi connectivity index (χ1) is 17.0. The normalized spacial score (nSPS) is 21.2. The number of rotatable bonds is 7. The molecule has 0 aromatic heterocycles. The second kappa shape index (κ2) is 9.16. The van der Waals surface area contributed by atoms with Crippen LogP contribution in [0.1, 0.15) is 17.5 Å². The van der Waals surface area contributed by atoms with Crippen LogP contribution in [0.15, 0.2) is 59.0 Å². The van der Waals surface area contributed by atoms with Crippen LogP contribution in [0.25, 0.3) is 5.76 Å². The maximum Gasteiger partial charge on any atom is 0.296 e. The summed E-state index contributed by atoms with van der Waals surface area (Å²) in [5.41, 5.74) is -1.19. The quantitative estimate of drug-likeness (QED) is 0.258. The number of nitrogens with zero attached hydrogens (tertiary/aromatic N) is 3. The maximum atomic E-state index is 13.8. The fraction of sp³-hybridized carbons (Fsp3) is 0.320. The summed E-state index contributed by atoms with van der Waals surface area (Å²) in [5.74, 6) is -3.00. The highest BCUT2D eigenvalue weighted by Crippen LogP contribution is 2.53. The monoisotopic (exact) mass is 513 g/mol. The Morgan fingerprint density at radius 2 is 1.69 bits per heavy atom. The lowest BCUT2D eigenvalue weighted by Gasteiger charge is -2.34. The van der Waals surface area contributed by atoms with Crippen LogP contribution in [0.4, 0.5) is 5.69 Å². The number of hydrogen-bond acceptors (Lipinski definition) is 7. The number of amides is 2. The molecule has 0 aliphatic carbocycles. The molecule has 1 spiro atoms.